The van der Waals surface area contributed by atoms with E-state index in [-0.39, 0.29) is 5.91 Å². The Morgan fingerprint density at radius 2 is 1.60 bits per heavy atom. The highest BCUT2D eigenvalue weighted by atomic mass is 16.1. The highest BCUT2D eigenvalue weighted by molar-refractivity contribution is 6.12. The molecule has 3 N–H and O–H groups in total. The van der Waals surface area contributed by atoms with E-state index in [1.54, 1.807) is 6.21 Å². The molecule has 0 saturated heterocycles. The summed E-state index contributed by atoms with van der Waals surface area (Å²) < 4.78 is 0. The van der Waals surface area contributed by atoms with Crippen LogP contribution in [0.3, 0.4) is 0 Å². The van der Waals surface area contributed by atoms with Crippen LogP contribution in [-0.4, -0.2) is 24.2 Å². The van der Waals surface area contributed by atoms with Crippen molar-refractivity contribution in [2.75, 3.05) is 0 Å². The topological polar surface area (TPSA) is 67.5 Å². The molecule has 0 aliphatic heterocycles. The van der Waals surface area contributed by atoms with Gasteiger partial charge in [-0.25, -0.2) is 0 Å². The van der Waals surface area contributed by atoms with Gasteiger partial charge in [0.2, 0.25) is 0 Å². The summed E-state index contributed by atoms with van der Waals surface area (Å²) in [5.74, 6) is -0.0704. The molecule has 1 amide bonds. The Hall–Kier alpha value is -1.32. The average molecular weight is 277 g/mol. The third kappa shape index (κ3) is 4.66. The van der Waals surface area contributed by atoms with Gasteiger partial charge in [-0.2, -0.15) is 0 Å². The van der Waals surface area contributed by atoms with Crippen LogP contribution < -0.4 is 11.1 Å². The minimum Gasteiger partial charge on any atom is -0.404 e. The van der Waals surface area contributed by atoms with Crippen molar-refractivity contribution in [2.24, 2.45) is 10.7 Å². The summed E-state index contributed by atoms with van der Waals surface area (Å²) in [6, 6.07) is 0.690. The molecule has 0 spiro atoms. The summed E-state index contributed by atoms with van der Waals surface area (Å²) in [6.45, 7) is 0. The molecule has 2 saturated carbocycles. The van der Waals surface area contributed by atoms with E-state index < -0.39 is 0 Å². The highest BCUT2D eigenvalue weighted by Crippen LogP contribution is 2.20. The first kappa shape index (κ1) is 15.1. The zero-order valence-electron chi connectivity index (χ0n) is 12.3. The van der Waals surface area contributed by atoms with Crippen LogP contribution in [0.2, 0.25) is 0 Å². The Morgan fingerprint density at radius 1 is 1.00 bits per heavy atom. The van der Waals surface area contributed by atoms with Crippen molar-refractivity contribution in [3.05, 3.63) is 11.8 Å². The van der Waals surface area contributed by atoms with E-state index in [1.807, 2.05) is 0 Å². The Morgan fingerprint density at radius 3 is 2.20 bits per heavy atom. The number of nitrogens with one attached hydrogen (secondary N) is 1. The van der Waals surface area contributed by atoms with Gasteiger partial charge < -0.3 is 11.1 Å². The molecule has 0 heterocycles. The number of nitrogens with zero attached hydrogens (tertiary/aromatic N) is 1. The molecule has 4 nitrogen and oxygen atoms in total. The second kappa shape index (κ2) is 8.08. The van der Waals surface area contributed by atoms with E-state index >= 15 is 0 Å². The quantitative estimate of drug-likeness (QED) is 0.613. The number of carbonyl (C=O) groups is 1. The van der Waals surface area contributed by atoms with Crippen LogP contribution in [0.4, 0.5) is 0 Å². The van der Waals surface area contributed by atoms with E-state index in [0.29, 0.717) is 17.7 Å². The number of aliphatic imine (C=N–C) groups is 1. The minimum atomic E-state index is -0.0704. The number of rotatable bonds is 4. The van der Waals surface area contributed by atoms with Crippen molar-refractivity contribution in [3.63, 3.8) is 0 Å². The normalized spacial score (nSPS) is 23.1. The minimum absolute atomic E-state index is 0.0704. The lowest BCUT2D eigenvalue weighted by atomic mass is 9.95. The third-order valence-electron chi connectivity index (χ3n) is 4.38. The molecule has 0 atom stereocenters. The van der Waals surface area contributed by atoms with Crippen LogP contribution in [0, 0.1) is 0 Å². The van der Waals surface area contributed by atoms with E-state index in [0.717, 1.165) is 25.7 Å². The van der Waals surface area contributed by atoms with E-state index in [9.17, 15) is 4.79 Å². The lowest BCUT2D eigenvalue weighted by Crippen LogP contribution is -2.37. The van der Waals surface area contributed by atoms with Crippen molar-refractivity contribution in [1.29, 1.82) is 0 Å². The summed E-state index contributed by atoms with van der Waals surface area (Å²) >= 11 is 0. The molecule has 0 aromatic rings. The summed E-state index contributed by atoms with van der Waals surface area (Å²) in [7, 11) is 0. The molecule has 0 radical (unpaired) electrons. The second-order valence-electron chi connectivity index (χ2n) is 6.00. The van der Waals surface area contributed by atoms with Gasteiger partial charge >= 0.3 is 0 Å². The van der Waals surface area contributed by atoms with Crippen LogP contribution in [0.1, 0.15) is 64.2 Å². The van der Waals surface area contributed by atoms with Crippen LogP contribution in [-0.2, 0) is 4.79 Å². The van der Waals surface area contributed by atoms with Gasteiger partial charge in [-0.3, -0.25) is 9.79 Å². The molecule has 4 heteroatoms. The summed E-state index contributed by atoms with van der Waals surface area (Å²) in [5, 5.41) is 3.08. The van der Waals surface area contributed by atoms with Gasteiger partial charge in [0.15, 0.2) is 0 Å². The summed E-state index contributed by atoms with van der Waals surface area (Å²) in [5.41, 5.74) is 6.08. The fourth-order valence-corrected chi connectivity index (χ4v) is 3.11. The molecule has 2 rings (SSSR count). The number of carbonyl (C=O) groups excluding carboxylic acids is 1. The largest absolute Gasteiger partial charge is 0.404 e. The van der Waals surface area contributed by atoms with Gasteiger partial charge in [-0.15, -0.1) is 0 Å². The fourth-order valence-electron chi connectivity index (χ4n) is 3.11. The molecule has 0 bridgehead atoms. The van der Waals surface area contributed by atoms with Crippen molar-refractivity contribution in [2.45, 2.75) is 76.3 Å². The standard InChI is InChI=1S/C16H27N3O/c17-11-13(12-18-14-7-3-1-4-8-14)16(20)19-15-9-5-2-6-10-15/h11-12,14-15H,1-10,17H2,(H,19,20). The van der Waals surface area contributed by atoms with E-state index in [1.165, 1.54) is 44.7 Å². The van der Waals surface area contributed by atoms with Gasteiger partial charge in [0.05, 0.1) is 5.57 Å². The summed E-state index contributed by atoms with van der Waals surface area (Å²) in [6.07, 6.45) is 15.0. The second-order valence-corrected chi connectivity index (χ2v) is 6.00. The molecule has 0 unspecified atom stereocenters. The summed E-state index contributed by atoms with van der Waals surface area (Å²) in [4.78, 5) is 16.7. The van der Waals surface area contributed by atoms with Gasteiger partial charge in [0.1, 0.15) is 0 Å². The zero-order chi connectivity index (χ0) is 14.2. The number of amides is 1. The molecule has 2 aliphatic rings. The van der Waals surface area contributed by atoms with Crippen LogP contribution in [0.25, 0.3) is 0 Å². The number of hydrogen-bond donors (Lipinski definition) is 2. The predicted octanol–water partition coefficient (Wildman–Crippen LogP) is 2.68. The van der Waals surface area contributed by atoms with Crippen LogP contribution in [0.5, 0.6) is 0 Å². The third-order valence-corrected chi connectivity index (χ3v) is 4.38. The fraction of sp³-hybridized carbons (Fsp3) is 0.750. The lowest BCUT2D eigenvalue weighted by Gasteiger charge is -2.23. The maximum absolute atomic E-state index is 12.2. The first-order valence-electron chi connectivity index (χ1n) is 8.05. The van der Waals surface area contributed by atoms with Gasteiger partial charge in [0, 0.05) is 24.5 Å². The monoisotopic (exact) mass is 277 g/mol. The molecule has 112 valence electrons. The van der Waals surface area contributed by atoms with Gasteiger partial charge in [0.25, 0.3) is 5.91 Å². The molecule has 20 heavy (non-hydrogen) atoms. The van der Waals surface area contributed by atoms with Crippen molar-refractivity contribution in [1.82, 2.24) is 5.32 Å². The number of nitrogens with two attached hydrogens (primary N) is 1. The Kier molecular flexibility index (Phi) is 6.09. The van der Waals surface area contributed by atoms with E-state index in [4.69, 9.17) is 5.73 Å². The first-order chi connectivity index (χ1) is 9.79. The molecule has 0 aromatic carbocycles. The molecule has 2 aliphatic carbocycles. The molecule has 0 aromatic heterocycles. The highest BCUT2D eigenvalue weighted by Gasteiger charge is 2.17. The first-order valence-corrected chi connectivity index (χ1v) is 8.05. The maximum atomic E-state index is 12.2. The smallest absolute Gasteiger partial charge is 0.254 e. The Balaban J connectivity index is 1.83. The van der Waals surface area contributed by atoms with Crippen LogP contribution >= 0.6 is 0 Å². The predicted molar refractivity (Wildman–Crippen MR) is 82.7 cm³/mol. The molecule has 2 fully saturated rings. The SMILES string of the molecule is NC=C(C=NC1CCCCC1)C(=O)NC1CCCCC1. The Bertz CT molecular complexity index is 364. The van der Waals surface area contributed by atoms with Crippen molar-refractivity contribution >= 4 is 12.1 Å². The lowest BCUT2D eigenvalue weighted by molar-refractivity contribution is -0.117. The van der Waals surface area contributed by atoms with Gasteiger partial charge in [-0.1, -0.05) is 38.5 Å². The zero-order valence-corrected chi connectivity index (χ0v) is 12.3. The van der Waals surface area contributed by atoms with Crippen LogP contribution in [0.15, 0.2) is 16.8 Å². The molecular weight excluding hydrogens is 250 g/mol. The van der Waals surface area contributed by atoms with Gasteiger partial charge in [-0.05, 0) is 25.7 Å². The van der Waals surface area contributed by atoms with Crippen molar-refractivity contribution in [3.8, 4) is 0 Å². The number of hydrogen-bond acceptors (Lipinski definition) is 3. The van der Waals surface area contributed by atoms with E-state index in [2.05, 4.69) is 10.3 Å². The van der Waals surface area contributed by atoms with Crippen molar-refractivity contribution < 1.29 is 4.79 Å². The Labute approximate surface area is 121 Å². The maximum Gasteiger partial charge on any atom is 0.254 e. The molecular formula is C16H27N3O. The average Bonchev–Trinajstić information content (AvgIpc) is 2.50.